The number of nitrogens with two attached hydrogens (primary N) is 1. The van der Waals surface area contributed by atoms with Gasteiger partial charge < -0.3 is 30.5 Å². The smallest absolute Gasteiger partial charge is 0.209 e. The Hall–Kier alpha value is -2.29. The minimum atomic E-state index is -1.00. The lowest BCUT2D eigenvalue weighted by molar-refractivity contribution is -0.0583. The van der Waals surface area contributed by atoms with Crippen molar-refractivity contribution in [2.45, 2.75) is 24.5 Å². The van der Waals surface area contributed by atoms with Gasteiger partial charge in [-0.25, -0.2) is 15.0 Å². The minimum absolute atomic E-state index is 0.127. The van der Waals surface area contributed by atoms with E-state index in [0.717, 1.165) is 0 Å². The summed E-state index contributed by atoms with van der Waals surface area (Å²) in [6.45, 7) is -0.684. The molecule has 0 saturated carbocycles. The lowest BCUT2D eigenvalue weighted by Gasteiger charge is -2.19. The predicted molar refractivity (Wildman–Crippen MR) is 81.5 cm³/mol. The molecule has 1 saturated heterocycles. The molecule has 3 rings (SSSR count). The summed E-state index contributed by atoms with van der Waals surface area (Å²) in [5.74, 6) is 5.29. The van der Waals surface area contributed by atoms with Gasteiger partial charge >= 0.3 is 0 Å². The number of methoxy groups -OCH3 is 1. The van der Waals surface area contributed by atoms with Gasteiger partial charge in [0, 0.05) is 7.11 Å². The van der Waals surface area contributed by atoms with E-state index in [4.69, 9.17) is 20.3 Å². The molecule has 0 aromatic carbocycles. The van der Waals surface area contributed by atoms with Crippen molar-refractivity contribution >= 4 is 17.0 Å². The number of aliphatic hydroxyl groups excluding tert-OH is 3. The SMILES string of the molecule is COC1C(O)[C@@H](CO)O[C@H]1n1cnc2c(N)nc(C#CCO)nc21. The molecule has 2 aromatic rings. The Morgan fingerprint density at radius 2 is 2.21 bits per heavy atom. The molecule has 1 fully saturated rings. The standard InChI is InChI=1S/C14H17N5O5/c1-23-11-10(22)7(5-21)24-14(11)19-6-16-9-12(15)17-8(3-2-4-20)18-13(9)19/h6-7,10-11,14,20-22H,4-5H2,1H3,(H2,15,17,18)/t7-,10?,11?,14-/m1/s1. The van der Waals surface area contributed by atoms with Crippen molar-refractivity contribution in [1.82, 2.24) is 19.5 Å². The largest absolute Gasteiger partial charge is 0.394 e. The summed E-state index contributed by atoms with van der Waals surface area (Å²) < 4.78 is 12.5. The maximum Gasteiger partial charge on any atom is 0.209 e. The van der Waals surface area contributed by atoms with Crippen molar-refractivity contribution in [3.8, 4) is 11.8 Å². The Balaban J connectivity index is 2.08. The second-order valence-electron chi connectivity index (χ2n) is 5.15. The summed E-state index contributed by atoms with van der Waals surface area (Å²) in [7, 11) is 1.44. The first-order valence-corrected chi connectivity index (χ1v) is 7.17. The summed E-state index contributed by atoms with van der Waals surface area (Å²) >= 11 is 0. The van der Waals surface area contributed by atoms with Crippen molar-refractivity contribution in [2.24, 2.45) is 0 Å². The van der Waals surface area contributed by atoms with Crippen molar-refractivity contribution in [2.75, 3.05) is 26.1 Å². The third-order valence-electron chi connectivity index (χ3n) is 3.77. The molecule has 2 aromatic heterocycles. The first-order valence-electron chi connectivity index (χ1n) is 7.17. The third-order valence-corrected chi connectivity index (χ3v) is 3.77. The van der Waals surface area contributed by atoms with Gasteiger partial charge in [-0.2, -0.15) is 0 Å². The fourth-order valence-corrected chi connectivity index (χ4v) is 2.65. The zero-order valence-corrected chi connectivity index (χ0v) is 12.8. The Bertz CT molecular complexity index is 798. The van der Waals surface area contributed by atoms with E-state index < -0.39 is 24.5 Å². The van der Waals surface area contributed by atoms with Gasteiger partial charge in [-0.1, -0.05) is 5.92 Å². The normalized spacial score (nSPS) is 26.5. The van der Waals surface area contributed by atoms with Crippen LogP contribution in [0.3, 0.4) is 0 Å². The molecule has 0 aliphatic carbocycles. The second kappa shape index (κ2) is 6.68. The fourth-order valence-electron chi connectivity index (χ4n) is 2.65. The highest BCUT2D eigenvalue weighted by Crippen LogP contribution is 2.33. The Morgan fingerprint density at radius 3 is 2.88 bits per heavy atom. The highest BCUT2D eigenvalue weighted by Gasteiger charge is 2.45. The molecule has 4 atom stereocenters. The molecule has 1 aliphatic heterocycles. The average Bonchev–Trinajstić information content (AvgIpc) is 3.13. The lowest BCUT2D eigenvalue weighted by Crippen LogP contribution is -2.34. The number of imidazole rings is 1. The molecule has 0 spiro atoms. The van der Waals surface area contributed by atoms with E-state index in [-0.39, 0.29) is 24.9 Å². The lowest BCUT2D eigenvalue weighted by atomic mass is 10.1. The summed E-state index contributed by atoms with van der Waals surface area (Å²) in [4.78, 5) is 12.4. The van der Waals surface area contributed by atoms with Crippen LogP contribution in [0.4, 0.5) is 5.82 Å². The first-order chi connectivity index (χ1) is 11.6. The number of rotatable bonds is 3. The summed E-state index contributed by atoms with van der Waals surface area (Å²) in [5.41, 5.74) is 6.57. The molecule has 10 heteroatoms. The van der Waals surface area contributed by atoms with Gasteiger partial charge in [0.25, 0.3) is 0 Å². The summed E-state index contributed by atoms with van der Waals surface area (Å²) in [5, 5.41) is 28.3. The van der Waals surface area contributed by atoms with E-state index in [1.807, 2.05) is 0 Å². The molecule has 24 heavy (non-hydrogen) atoms. The van der Waals surface area contributed by atoms with Crippen LogP contribution in [0.5, 0.6) is 0 Å². The van der Waals surface area contributed by atoms with Gasteiger partial charge in [0.1, 0.15) is 30.4 Å². The minimum Gasteiger partial charge on any atom is -0.394 e. The number of anilines is 1. The number of aliphatic hydroxyl groups is 3. The first kappa shape index (κ1) is 16.6. The van der Waals surface area contributed by atoms with Crippen LogP contribution in [0, 0.1) is 11.8 Å². The fraction of sp³-hybridized carbons (Fsp3) is 0.500. The molecule has 0 amide bonds. The van der Waals surface area contributed by atoms with Gasteiger partial charge in [-0.15, -0.1) is 0 Å². The quantitative estimate of drug-likeness (QED) is 0.468. The van der Waals surface area contributed by atoms with Crippen molar-refractivity contribution < 1.29 is 24.8 Å². The molecule has 0 radical (unpaired) electrons. The van der Waals surface area contributed by atoms with Crippen LogP contribution in [0.15, 0.2) is 6.33 Å². The van der Waals surface area contributed by atoms with Gasteiger partial charge in [-0.3, -0.25) is 4.57 Å². The van der Waals surface area contributed by atoms with Crippen LogP contribution < -0.4 is 5.73 Å². The molecule has 10 nitrogen and oxygen atoms in total. The topological polar surface area (TPSA) is 149 Å². The maximum absolute atomic E-state index is 10.2. The number of hydrogen-bond donors (Lipinski definition) is 4. The highest BCUT2D eigenvalue weighted by atomic mass is 16.6. The van der Waals surface area contributed by atoms with E-state index >= 15 is 0 Å². The Morgan fingerprint density at radius 1 is 1.42 bits per heavy atom. The molecular formula is C14H17N5O5. The van der Waals surface area contributed by atoms with E-state index in [1.165, 1.54) is 13.4 Å². The zero-order chi connectivity index (χ0) is 17.3. The van der Waals surface area contributed by atoms with Crippen LogP contribution in [-0.2, 0) is 9.47 Å². The number of nitrogens with zero attached hydrogens (tertiary/aromatic N) is 4. The third kappa shape index (κ3) is 2.68. The second-order valence-corrected chi connectivity index (χ2v) is 5.15. The molecule has 0 bridgehead atoms. The molecule has 1 aliphatic rings. The summed E-state index contributed by atoms with van der Waals surface area (Å²) in [6, 6.07) is 0. The van der Waals surface area contributed by atoms with Gasteiger partial charge in [0.05, 0.1) is 12.9 Å². The van der Waals surface area contributed by atoms with E-state index in [9.17, 15) is 10.2 Å². The highest BCUT2D eigenvalue weighted by molar-refractivity contribution is 5.82. The van der Waals surface area contributed by atoms with E-state index in [1.54, 1.807) is 4.57 Å². The number of nitrogen functional groups attached to an aromatic ring is 1. The van der Waals surface area contributed by atoms with Crippen LogP contribution >= 0.6 is 0 Å². The predicted octanol–water partition coefficient (Wildman–Crippen LogP) is -1.98. The van der Waals surface area contributed by atoms with Crippen LogP contribution in [0.25, 0.3) is 11.2 Å². The Labute approximate surface area is 136 Å². The molecule has 128 valence electrons. The van der Waals surface area contributed by atoms with Crippen molar-refractivity contribution in [3.05, 3.63) is 12.2 Å². The molecular weight excluding hydrogens is 318 g/mol. The van der Waals surface area contributed by atoms with Gasteiger partial charge in [-0.05, 0) is 5.92 Å². The Kier molecular flexibility index (Phi) is 4.61. The van der Waals surface area contributed by atoms with Gasteiger partial charge in [0.2, 0.25) is 5.82 Å². The van der Waals surface area contributed by atoms with E-state index in [0.29, 0.717) is 11.2 Å². The van der Waals surface area contributed by atoms with Crippen LogP contribution in [0.1, 0.15) is 12.1 Å². The number of hydrogen-bond acceptors (Lipinski definition) is 9. The zero-order valence-electron chi connectivity index (χ0n) is 12.8. The molecule has 2 unspecified atom stereocenters. The van der Waals surface area contributed by atoms with E-state index in [2.05, 4.69) is 26.8 Å². The van der Waals surface area contributed by atoms with Crippen LogP contribution in [-0.4, -0.2) is 73.5 Å². The summed E-state index contributed by atoms with van der Waals surface area (Å²) in [6.07, 6.45) is -1.81. The van der Waals surface area contributed by atoms with Crippen molar-refractivity contribution in [3.63, 3.8) is 0 Å². The molecule has 3 heterocycles. The van der Waals surface area contributed by atoms with Gasteiger partial charge in [0.15, 0.2) is 17.7 Å². The van der Waals surface area contributed by atoms with Crippen molar-refractivity contribution in [1.29, 1.82) is 0 Å². The average molecular weight is 335 g/mol. The maximum atomic E-state index is 10.2. The molecule has 5 N–H and O–H groups in total. The number of ether oxygens (including phenoxy) is 2. The number of aromatic nitrogens is 4. The monoisotopic (exact) mass is 335 g/mol. The van der Waals surface area contributed by atoms with Crippen LogP contribution in [0.2, 0.25) is 0 Å². The number of fused-ring (bicyclic) bond motifs is 1.